The van der Waals surface area contributed by atoms with Crippen LogP contribution in [0.3, 0.4) is 0 Å². The number of fused-ring (bicyclic) bond motifs is 1. The maximum Gasteiger partial charge on any atom is 0.119 e. The zero-order valence-corrected chi connectivity index (χ0v) is 15.3. The average Bonchev–Trinajstić information content (AvgIpc) is 3.01. The highest BCUT2D eigenvalue weighted by molar-refractivity contribution is 5.73. The largest absolute Gasteiger partial charge is 0.497 e. The van der Waals surface area contributed by atoms with Crippen LogP contribution in [0.5, 0.6) is 11.5 Å². The van der Waals surface area contributed by atoms with Crippen molar-refractivity contribution in [3.63, 3.8) is 0 Å². The number of para-hydroxylation sites is 1. The second-order valence-corrected chi connectivity index (χ2v) is 6.63. The zero-order chi connectivity index (χ0) is 18.1. The van der Waals surface area contributed by atoms with Crippen molar-refractivity contribution in [3.8, 4) is 11.5 Å². The Morgan fingerprint density at radius 1 is 0.731 bits per heavy atom. The van der Waals surface area contributed by atoms with Gasteiger partial charge in [-0.25, -0.2) is 0 Å². The third-order valence-electron chi connectivity index (χ3n) is 5.25. The van der Waals surface area contributed by atoms with Gasteiger partial charge in [0.1, 0.15) is 11.5 Å². The Morgan fingerprint density at radius 3 is 1.92 bits per heavy atom. The van der Waals surface area contributed by atoms with Crippen molar-refractivity contribution in [2.75, 3.05) is 19.1 Å². The normalized spacial score (nSPS) is 18.5. The van der Waals surface area contributed by atoms with Crippen LogP contribution >= 0.6 is 0 Å². The van der Waals surface area contributed by atoms with E-state index in [4.69, 9.17) is 9.47 Å². The molecule has 1 aliphatic rings. The van der Waals surface area contributed by atoms with Crippen LogP contribution in [0.25, 0.3) is 0 Å². The van der Waals surface area contributed by atoms with E-state index < -0.39 is 0 Å². The molecule has 0 bridgehead atoms. The van der Waals surface area contributed by atoms with E-state index in [1.54, 1.807) is 14.2 Å². The van der Waals surface area contributed by atoms with Crippen molar-refractivity contribution in [1.82, 2.24) is 0 Å². The first-order valence-corrected chi connectivity index (χ1v) is 8.89. The van der Waals surface area contributed by atoms with Gasteiger partial charge in [0.25, 0.3) is 0 Å². The first-order valence-electron chi connectivity index (χ1n) is 8.89. The number of hydrogen-bond donors (Lipinski definition) is 0. The van der Waals surface area contributed by atoms with Gasteiger partial charge in [-0.15, -0.1) is 0 Å². The molecule has 26 heavy (non-hydrogen) atoms. The number of nitrogens with zero attached hydrogens (tertiary/aromatic N) is 1. The third-order valence-corrected chi connectivity index (χ3v) is 5.25. The fourth-order valence-corrected chi connectivity index (χ4v) is 3.92. The van der Waals surface area contributed by atoms with E-state index in [1.165, 1.54) is 22.5 Å². The Balaban J connectivity index is 1.82. The minimum atomic E-state index is 0.242. The highest BCUT2D eigenvalue weighted by Gasteiger charge is 2.37. The van der Waals surface area contributed by atoms with Gasteiger partial charge in [0.05, 0.1) is 20.3 Å². The fraction of sp³-hybridized carbons (Fsp3) is 0.217. The maximum atomic E-state index is 5.33. The molecule has 0 N–H and O–H groups in total. The molecular weight excluding hydrogens is 322 g/mol. The fourth-order valence-electron chi connectivity index (χ4n) is 3.92. The minimum absolute atomic E-state index is 0.242. The molecule has 1 aliphatic heterocycles. The molecule has 132 valence electrons. The summed E-state index contributed by atoms with van der Waals surface area (Å²) in [5.41, 5.74) is 5.10. The molecule has 0 aliphatic carbocycles. The van der Waals surface area contributed by atoms with E-state index in [9.17, 15) is 0 Å². The summed E-state index contributed by atoms with van der Waals surface area (Å²) in [6.45, 7) is 2.30. The van der Waals surface area contributed by atoms with Crippen molar-refractivity contribution in [1.29, 1.82) is 0 Å². The van der Waals surface area contributed by atoms with E-state index in [1.807, 2.05) is 24.3 Å². The first kappa shape index (κ1) is 16.5. The van der Waals surface area contributed by atoms with E-state index in [0.717, 1.165) is 11.5 Å². The van der Waals surface area contributed by atoms with Crippen LogP contribution in [-0.2, 0) is 0 Å². The van der Waals surface area contributed by atoms with Crippen molar-refractivity contribution in [2.24, 2.45) is 0 Å². The van der Waals surface area contributed by atoms with Crippen molar-refractivity contribution in [3.05, 3.63) is 83.9 Å². The highest BCUT2D eigenvalue weighted by Crippen LogP contribution is 2.52. The van der Waals surface area contributed by atoms with Gasteiger partial charge in [0, 0.05) is 17.3 Å². The van der Waals surface area contributed by atoms with Crippen LogP contribution in [0, 0.1) is 0 Å². The molecule has 2 atom stereocenters. The molecule has 3 nitrogen and oxygen atoms in total. The van der Waals surface area contributed by atoms with E-state index in [2.05, 4.69) is 60.4 Å². The number of methoxy groups -OCH3 is 2. The predicted octanol–water partition coefficient (Wildman–Crippen LogP) is 5.70. The molecule has 0 radical (unpaired) electrons. The van der Waals surface area contributed by atoms with Crippen LogP contribution in [-0.4, -0.2) is 14.2 Å². The van der Waals surface area contributed by atoms with Crippen LogP contribution in [0.1, 0.15) is 30.0 Å². The Morgan fingerprint density at radius 2 is 1.31 bits per heavy atom. The number of anilines is 2. The lowest BCUT2D eigenvalue weighted by Crippen LogP contribution is -2.21. The Hall–Kier alpha value is -2.94. The molecule has 0 saturated heterocycles. The van der Waals surface area contributed by atoms with Crippen molar-refractivity contribution in [2.45, 2.75) is 18.9 Å². The topological polar surface area (TPSA) is 21.7 Å². The predicted molar refractivity (Wildman–Crippen MR) is 106 cm³/mol. The van der Waals surface area contributed by atoms with Crippen molar-refractivity contribution < 1.29 is 9.47 Å². The van der Waals surface area contributed by atoms with Gasteiger partial charge in [0.15, 0.2) is 0 Å². The Kier molecular flexibility index (Phi) is 4.29. The molecule has 0 amide bonds. The molecule has 0 fully saturated rings. The standard InChI is InChI=1S/C23H23NO2/c1-16-21-6-4-5-7-22(21)24(18-10-14-20(26-3)15-11-18)23(16)17-8-12-19(25-2)13-9-17/h4-16,23H,1-3H3/t16-,23-/m0/s1. The number of rotatable bonds is 4. The van der Waals surface area contributed by atoms with Crippen LogP contribution < -0.4 is 14.4 Å². The van der Waals surface area contributed by atoms with Crippen molar-refractivity contribution >= 4 is 11.4 Å². The summed E-state index contributed by atoms with van der Waals surface area (Å²) < 4.78 is 10.7. The average molecular weight is 345 g/mol. The zero-order valence-electron chi connectivity index (χ0n) is 15.3. The van der Waals surface area contributed by atoms with Crippen LogP contribution in [0.15, 0.2) is 72.8 Å². The monoisotopic (exact) mass is 345 g/mol. The second-order valence-electron chi connectivity index (χ2n) is 6.63. The lowest BCUT2D eigenvalue weighted by molar-refractivity contribution is 0.414. The maximum absolute atomic E-state index is 5.33. The molecule has 0 spiro atoms. The quantitative estimate of drug-likeness (QED) is 0.605. The third kappa shape index (κ3) is 2.70. The molecule has 3 aromatic rings. The summed E-state index contributed by atoms with van der Waals surface area (Å²) in [6, 6.07) is 25.6. The molecule has 3 aromatic carbocycles. The molecular formula is C23H23NO2. The minimum Gasteiger partial charge on any atom is -0.497 e. The summed E-state index contributed by atoms with van der Waals surface area (Å²) >= 11 is 0. The van der Waals surface area contributed by atoms with Gasteiger partial charge >= 0.3 is 0 Å². The van der Waals surface area contributed by atoms with Gasteiger partial charge in [-0.3, -0.25) is 0 Å². The molecule has 4 rings (SSSR count). The SMILES string of the molecule is COc1ccc([C@@H]2[C@@H](C)c3ccccc3N2c2ccc(OC)cc2)cc1. The number of ether oxygens (including phenoxy) is 2. The lowest BCUT2D eigenvalue weighted by atomic mass is 9.92. The number of benzene rings is 3. The Bertz CT molecular complexity index is 887. The Labute approximate surface area is 154 Å². The summed E-state index contributed by atoms with van der Waals surface area (Å²) in [6.07, 6.45) is 0. The molecule has 0 unspecified atom stereocenters. The summed E-state index contributed by atoms with van der Waals surface area (Å²) in [7, 11) is 3.40. The second kappa shape index (κ2) is 6.75. The summed E-state index contributed by atoms with van der Waals surface area (Å²) in [4.78, 5) is 2.43. The van der Waals surface area contributed by atoms with Gasteiger partial charge in [-0.2, -0.15) is 0 Å². The summed E-state index contributed by atoms with van der Waals surface area (Å²) in [5.74, 6) is 2.14. The van der Waals surface area contributed by atoms with Gasteiger partial charge in [0.2, 0.25) is 0 Å². The number of hydrogen-bond acceptors (Lipinski definition) is 3. The lowest BCUT2D eigenvalue weighted by Gasteiger charge is -2.30. The van der Waals surface area contributed by atoms with E-state index >= 15 is 0 Å². The first-order chi connectivity index (χ1) is 12.7. The van der Waals surface area contributed by atoms with Crippen LogP contribution in [0.4, 0.5) is 11.4 Å². The molecule has 0 aromatic heterocycles. The molecule has 1 heterocycles. The van der Waals surface area contributed by atoms with E-state index in [0.29, 0.717) is 5.92 Å². The highest BCUT2D eigenvalue weighted by atomic mass is 16.5. The van der Waals surface area contributed by atoms with E-state index in [-0.39, 0.29) is 6.04 Å². The van der Waals surface area contributed by atoms with Gasteiger partial charge in [-0.1, -0.05) is 37.3 Å². The molecule has 0 saturated carbocycles. The molecule has 3 heteroatoms. The van der Waals surface area contributed by atoms with Crippen LogP contribution in [0.2, 0.25) is 0 Å². The summed E-state index contributed by atoms with van der Waals surface area (Å²) in [5, 5.41) is 0. The smallest absolute Gasteiger partial charge is 0.119 e. The van der Waals surface area contributed by atoms with Gasteiger partial charge < -0.3 is 14.4 Å². The van der Waals surface area contributed by atoms with Gasteiger partial charge in [-0.05, 0) is 53.6 Å².